The summed E-state index contributed by atoms with van der Waals surface area (Å²) in [6.45, 7) is 5.74. The van der Waals surface area contributed by atoms with Gasteiger partial charge in [0.2, 0.25) is 0 Å². The van der Waals surface area contributed by atoms with Crippen molar-refractivity contribution in [1.29, 1.82) is 0 Å². The van der Waals surface area contributed by atoms with Crippen molar-refractivity contribution in [3.63, 3.8) is 0 Å². The molecule has 2 aromatic carbocycles. The van der Waals surface area contributed by atoms with Crippen LogP contribution in [0.3, 0.4) is 0 Å². The van der Waals surface area contributed by atoms with Gasteiger partial charge < -0.3 is 29.4 Å². The van der Waals surface area contributed by atoms with Crippen molar-refractivity contribution in [3.8, 4) is 28.6 Å². The van der Waals surface area contributed by atoms with E-state index in [4.69, 9.17) is 14.2 Å². The monoisotopic (exact) mass is 480 g/mol. The number of rotatable bonds is 7. The number of fused-ring (bicyclic) bond motifs is 1. The average Bonchev–Trinajstić information content (AvgIpc) is 2.83. The highest BCUT2D eigenvalue weighted by atomic mass is 16.5. The van der Waals surface area contributed by atoms with Crippen LogP contribution in [0, 0.1) is 13.8 Å². The van der Waals surface area contributed by atoms with Crippen LogP contribution in [0.1, 0.15) is 24.0 Å². The van der Waals surface area contributed by atoms with Crippen LogP contribution in [-0.4, -0.2) is 67.8 Å². The number of benzene rings is 2. The van der Waals surface area contributed by atoms with E-state index in [0.717, 1.165) is 42.6 Å². The van der Waals surface area contributed by atoms with Gasteiger partial charge in [0.1, 0.15) is 28.5 Å². The first-order valence-electron chi connectivity index (χ1n) is 11.7. The van der Waals surface area contributed by atoms with E-state index in [2.05, 4.69) is 27.2 Å². The highest BCUT2D eigenvalue weighted by molar-refractivity contribution is 5.87. The summed E-state index contributed by atoms with van der Waals surface area (Å²) in [6, 6.07) is 7.33. The molecule has 1 amide bonds. The summed E-state index contributed by atoms with van der Waals surface area (Å²) in [5.74, 6) is 1.91. The minimum atomic E-state index is -0.300. The molecule has 0 atom stereocenters. The largest absolute Gasteiger partial charge is 0.497 e. The van der Waals surface area contributed by atoms with Gasteiger partial charge in [0.15, 0.2) is 6.61 Å². The molecule has 1 aliphatic heterocycles. The van der Waals surface area contributed by atoms with E-state index < -0.39 is 0 Å². The molecular weight excluding hydrogens is 448 g/mol. The number of amides is 1. The summed E-state index contributed by atoms with van der Waals surface area (Å²) in [4.78, 5) is 35.1. The minimum Gasteiger partial charge on any atom is -0.497 e. The molecule has 4 rings (SSSR count). The summed E-state index contributed by atoms with van der Waals surface area (Å²) in [7, 11) is 5.14. The highest BCUT2D eigenvalue weighted by Crippen LogP contribution is 2.31. The number of piperidine rings is 1. The van der Waals surface area contributed by atoms with E-state index in [1.54, 1.807) is 19.2 Å². The number of nitrogens with one attached hydrogen (secondary N) is 2. The van der Waals surface area contributed by atoms with E-state index >= 15 is 0 Å². The fourth-order valence-electron chi connectivity index (χ4n) is 4.50. The molecule has 2 heterocycles. The number of aryl methyl sites for hydroxylation is 2. The van der Waals surface area contributed by atoms with Crippen molar-refractivity contribution >= 4 is 16.8 Å². The molecule has 3 aromatic rings. The Morgan fingerprint density at radius 1 is 1.11 bits per heavy atom. The first-order chi connectivity index (χ1) is 16.8. The number of carbonyl (C=O) groups is 1. The van der Waals surface area contributed by atoms with Crippen molar-refractivity contribution in [2.75, 3.05) is 41.0 Å². The zero-order valence-corrected chi connectivity index (χ0v) is 20.9. The molecule has 0 saturated carbocycles. The van der Waals surface area contributed by atoms with Crippen LogP contribution < -0.4 is 25.1 Å². The molecule has 2 N–H and O–H groups in total. The van der Waals surface area contributed by atoms with Crippen molar-refractivity contribution in [2.45, 2.75) is 32.7 Å². The molecule has 9 nitrogen and oxygen atoms in total. The Bertz CT molecular complexity index is 1270. The number of nitrogens with zero attached hydrogens (tertiary/aromatic N) is 2. The van der Waals surface area contributed by atoms with Gasteiger partial charge in [-0.1, -0.05) is 0 Å². The van der Waals surface area contributed by atoms with E-state index in [-0.39, 0.29) is 24.1 Å². The van der Waals surface area contributed by atoms with Gasteiger partial charge in [0.25, 0.3) is 11.5 Å². The van der Waals surface area contributed by atoms with Crippen molar-refractivity contribution in [2.24, 2.45) is 0 Å². The van der Waals surface area contributed by atoms with E-state index in [1.807, 2.05) is 26.0 Å². The number of hydrogen-bond acceptors (Lipinski definition) is 7. The number of likely N-dealkylation sites (tertiary alicyclic amines) is 1. The second-order valence-corrected chi connectivity index (χ2v) is 9.01. The first kappa shape index (κ1) is 24.5. The van der Waals surface area contributed by atoms with Crippen molar-refractivity contribution in [3.05, 3.63) is 45.7 Å². The van der Waals surface area contributed by atoms with Crippen LogP contribution in [0.25, 0.3) is 22.3 Å². The molecule has 0 aliphatic carbocycles. The maximum Gasteiger partial charge on any atom is 0.262 e. The zero-order chi connectivity index (χ0) is 25.1. The summed E-state index contributed by atoms with van der Waals surface area (Å²) < 4.78 is 16.6. The lowest BCUT2D eigenvalue weighted by Gasteiger charge is -2.29. The molecule has 0 bridgehead atoms. The Hall–Kier alpha value is -3.59. The van der Waals surface area contributed by atoms with Gasteiger partial charge in [-0.15, -0.1) is 0 Å². The topological polar surface area (TPSA) is 106 Å². The minimum absolute atomic E-state index is 0.0436. The summed E-state index contributed by atoms with van der Waals surface area (Å²) in [6.07, 6.45) is 1.90. The summed E-state index contributed by atoms with van der Waals surface area (Å²) >= 11 is 0. The van der Waals surface area contributed by atoms with Crippen LogP contribution in [0.2, 0.25) is 0 Å². The Morgan fingerprint density at radius 3 is 2.43 bits per heavy atom. The molecule has 1 fully saturated rings. The predicted molar refractivity (Wildman–Crippen MR) is 135 cm³/mol. The maximum absolute atomic E-state index is 12.9. The van der Waals surface area contributed by atoms with Gasteiger partial charge in [0.05, 0.1) is 19.7 Å². The van der Waals surface area contributed by atoms with Crippen molar-refractivity contribution < 1.29 is 19.0 Å². The van der Waals surface area contributed by atoms with Crippen LogP contribution in [0.15, 0.2) is 29.1 Å². The number of aromatic nitrogens is 2. The summed E-state index contributed by atoms with van der Waals surface area (Å²) in [5.41, 5.74) is 2.60. The molecule has 1 saturated heterocycles. The average molecular weight is 481 g/mol. The smallest absolute Gasteiger partial charge is 0.262 e. The third kappa shape index (κ3) is 5.40. The van der Waals surface area contributed by atoms with Gasteiger partial charge in [-0.05, 0) is 70.1 Å². The fourth-order valence-corrected chi connectivity index (χ4v) is 4.50. The van der Waals surface area contributed by atoms with Crippen LogP contribution >= 0.6 is 0 Å². The third-order valence-electron chi connectivity index (χ3n) is 6.37. The summed E-state index contributed by atoms with van der Waals surface area (Å²) in [5, 5.41) is 3.43. The van der Waals surface area contributed by atoms with E-state index in [9.17, 15) is 9.59 Å². The predicted octanol–water partition coefficient (Wildman–Crippen LogP) is 2.81. The second kappa shape index (κ2) is 10.4. The molecule has 0 unspecified atom stereocenters. The lowest BCUT2D eigenvalue weighted by Crippen LogP contribution is -2.44. The van der Waals surface area contributed by atoms with E-state index in [1.165, 1.54) is 7.11 Å². The van der Waals surface area contributed by atoms with E-state index in [0.29, 0.717) is 34.0 Å². The molecule has 9 heteroatoms. The van der Waals surface area contributed by atoms with Crippen molar-refractivity contribution in [1.82, 2.24) is 20.2 Å². The number of carbonyl (C=O) groups excluding carboxylic acids is 1. The van der Waals surface area contributed by atoms with Crippen LogP contribution in [-0.2, 0) is 4.79 Å². The lowest BCUT2D eigenvalue weighted by atomic mass is 10.0. The standard InChI is InChI=1S/C26H32N4O5/c1-15-10-17(25-28-20-12-19(33-4)13-21(34-5)23(20)26(32)29-25)11-16(2)24(15)35-14-22(31)27-18-6-8-30(3)9-7-18/h10-13,18H,6-9,14H2,1-5H3,(H,27,31)(H,28,29,32). The number of aromatic amines is 1. The SMILES string of the molecule is COc1cc(OC)c2c(=O)[nH]c(-c3cc(C)c(OCC(=O)NC4CCN(C)CC4)c(C)c3)nc2c1. The lowest BCUT2D eigenvalue weighted by molar-refractivity contribution is -0.124. The number of H-pyrrole nitrogens is 1. The second-order valence-electron chi connectivity index (χ2n) is 9.01. The molecule has 1 aromatic heterocycles. The Labute approximate surface area is 204 Å². The Kier molecular flexibility index (Phi) is 7.25. The maximum atomic E-state index is 12.9. The van der Waals surface area contributed by atoms with Gasteiger partial charge in [-0.3, -0.25) is 9.59 Å². The van der Waals surface area contributed by atoms with Gasteiger partial charge in [0, 0.05) is 23.7 Å². The number of methoxy groups -OCH3 is 2. The van der Waals surface area contributed by atoms with Gasteiger partial charge in [-0.2, -0.15) is 0 Å². The molecule has 0 spiro atoms. The normalized spacial score (nSPS) is 14.7. The molecule has 1 aliphatic rings. The molecular formula is C26H32N4O5. The Balaban J connectivity index is 1.54. The molecule has 186 valence electrons. The quantitative estimate of drug-likeness (QED) is 0.536. The zero-order valence-electron chi connectivity index (χ0n) is 20.9. The van der Waals surface area contributed by atoms with Crippen LogP contribution in [0.5, 0.6) is 17.2 Å². The third-order valence-corrected chi connectivity index (χ3v) is 6.37. The van der Waals surface area contributed by atoms with Crippen LogP contribution in [0.4, 0.5) is 0 Å². The fraction of sp³-hybridized carbons (Fsp3) is 0.423. The molecule has 35 heavy (non-hydrogen) atoms. The first-order valence-corrected chi connectivity index (χ1v) is 11.7. The number of ether oxygens (including phenoxy) is 3. The number of hydrogen-bond donors (Lipinski definition) is 2. The molecule has 0 radical (unpaired) electrons. The van der Waals surface area contributed by atoms with Gasteiger partial charge >= 0.3 is 0 Å². The van der Waals surface area contributed by atoms with Gasteiger partial charge in [-0.25, -0.2) is 4.98 Å². The Morgan fingerprint density at radius 2 is 1.80 bits per heavy atom. The highest BCUT2D eigenvalue weighted by Gasteiger charge is 2.19.